The topological polar surface area (TPSA) is 71.1 Å². The molecule has 0 spiro atoms. The van der Waals surface area contributed by atoms with Gasteiger partial charge in [0.25, 0.3) is 0 Å². The molecule has 0 N–H and O–H groups in total. The van der Waals surface area contributed by atoms with E-state index in [0.717, 1.165) is 5.56 Å². The summed E-state index contributed by atoms with van der Waals surface area (Å²) in [4.78, 5) is 25.5. The third-order valence-electron chi connectivity index (χ3n) is 4.06. The van der Waals surface area contributed by atoms with E-state index in [1.807, 2.05) is 13.0 Å². The van der Waals surface area contributed by atoms with Crippen LogP contribution in [-0.2, 0) is 4.74 Å². The lowest BCUT2D eigenvalue weighted by molar-refractivity contribution is 0.0597. The SMILES string of the molecule is COC(=O)c1cc(C)cc(C)c1C(=O)c1cc(OC)c(OC)cc1OC. The number of hydrogen-bond donors (Lipinski definition) is 0. The van der Waals surface area contributed by atoms with Gasteiger partial charge in [-0.2, -0.15) is 0 Å². The third kappa shape index (κ3) is 3.49. The van der Waals surface area contributed by atoms with Crippen LogP contribution in [-0.4, -0.2) is 40.2 Å². The van der Waals surface area contributed by atoms with Gasteiger partial charge in [-0.3, -0.25) is 4.79 Å². The number of benzene rings is 2. The first-order chi connectivity index (χ1) is 12.4. The van der Waals surface area contributed by atoms with Gasteiger partial charge >= 0.3 is 5.97 Å². The highest BCUT2D eigenvalue weighted by atomic mass is 16.5. The Hall–Kier alpha value is -3.02. The minimum Gasteiger partial charge on any atom is -0.496 e. The van der Waals surface area contributed by atoms with Gasteiger partial charge in [0.1, 0.15) is 5.75 Å². The van der Waals surface area contributed by atoms with Crippen molar-refractivity contribution >= 4 is 11.8 Å². The standard InChI is InChI=1S/C20H22O6/c1-11-7-12(2)18(14(8-11)20(22)26-6)19(21)13-9-16(24-4)17(25-5)10-15(13)23-3/h7-10H,1-6H3. The zero-order chi connectivity index (χ0) is 19.4. The van der Waals surface area contributed by atoms with Crippen molar-refractivity contribution in [1.29, 1.82) is 0 Å². The van der Waals surface area contributed by atoms with E-state index in [9.17, 15) is 9.59 Å². The molecule has 0 aliphatic rings. The molecule has 0 radical (unpaired) electrons. The fourth-order valence-electron chi connectivity index (χ4n) is 2.88. The van der Waals surface area contributed by atoms with Crippen LogP contribution in [0.1, 0.15) is 37.4 Å². The second-order valence-electron chi connectivity index (χ2n) is 5.73. The number of rotatable bonds is 6. The Morgan fingerprint density at radius 2 is 1.31 bits per heavy atom. The highest BCUT2D eigenvalue weighted by Crippen LogP contribution is 2.36. The summed E-state index contributed by atoms with van der Waals surface area (Å²) in [5.74, 6) is 0.222. The van der Waals surface area contributed by atoms with Gasteiger partial charge < -0.3 is 18.9 Å². The smallest absolute Gasteiger partial charge is 0.338 e. The number of esters is 1. The molecule has 2 rings (SSSR count). The van der Waals surface area contributed by atoms with E-state index in [4.69, 9.17) is 18.9 Å². The molecule has 0 amide bonds. The van der Waals surface area contributed by atoms with Gasteiger partial charge in [-0.1, -0.05) is 6.07 Å². The maximum atomic E-state index is 13.3. The van der Waals surface area contributed by atoms with Crippen LogP contribution in [0.15, 0.2) is 24.3 Å². The van der Waals surface area contributed by atoms with Crippen LogP contribution in [0.5, 0.6) is 17.2 Å². The summed E-state index contributed by atoms with van der Waals surface area (Å²) < 4.78 is 20.7. The Labute approximate surface area is 152 Å². The molecule has 0 unspecified atom stereocenters. The Morgan fingerprint density at radius 3 is 1.85 bits per heavy atom. The lowest BCUT2D eigenvalue weighted by Gasteiger charge is -2.16. The Morgan fingerprint density at radius 1 is 0.731 bits per heavy atom. The van der Waals surface area contributed by atoms with Crippen molar-refractivity contribution in [3.63, 3.8) is 0 Å². The molecule has 26 heavy (non-hydrogen) atoms. The number of aryl methyl sites for hydroxylation is 2. The van der Waals surface area contributed by atoms with E-state index in [1.54, 1.807) is 25.1 Å². The maximum absolute atomic E-state index is 13.3. The molecule has 0 atom stereocenters. The van der Waals surface area contributed by atoms with E-state index in [-0.39, 0.29) is 22.5 Å². The van der Waals surface area contributed by atoms with Crippen molar-refractivity contribution in [2.24, 2.45) is 0 Å². The molecule has 0 aromatic heterocycles. The number of methoxy groups -OCH3 is 4. The molecular weight excluding hydrogens is 336 g/mol. The van der Waals surface area contributed by atoms with E-state index < -0.39 is 5.97 Å². The fourth-order valence-corrected chi connectivity index (χ4v) is 2.88. The first-order valence-corrected chi connectivity index (χ1v) is 7.92. The Balaban J connectivity index is 2.72. The van der Waals surface area contributed by atoms with Crippen molar-refractivity contribution in [1.82, 2.24) is 0 Å². The number of ether oxygens (including phenoxy) is 4. The van der Waals surface area contributed by atoms with Crippen molar-refractivity contribution < 1.29 is 28.5 Å². The molecule has 0 heterocycles. The molecule has 0 fully saturated rings. The molecule has 0 aliphatic heterocycles. The van der Waals surface area contributed by atoms with Crippen LogP contribution >= 0.6 is 0 Å². The number of hydrogen-bond acceptors (Lipinski definition) is 6. The molecule has 0 saturated heterocycles. The van der Waals surface area contributed by atoms with Crippen molar-refractivity contribution in [2.45, 2.75) is 13.8 Å². The van der Waals surface area contributed by atoms with Gasteiger partial charge in [0.15, 0.2) is 17.3 Å². The molecule has 0 saturated carbocycles. The summed E-state index contributed by atoms with van der Waals surface area (Å²) in [7, 11) is 5.72. The second kappa shape index (κ2) is 7.91. The maximum Gasteiger partial charge on any atom is 0.338 e. The number of carbonyl (C=O) groups is 2. The van der Waals surface area contributed by atoms with Crippen molar-refractivity contribution in [3.05, 3.63) is 52.1 Å². The van der Waals surface area contributed by atoms with Gasteiger partial charge in [0, 0.05) is 11.6 Å². The molecule has 2 aromatic rings. The van der Waals surface area contributed by atoms with Gasteiger partial charge in [-0.05, 0) is 37.1 Å². The highest BCUT2D eigenvalue weighted by Gasteiger charge is 2.25. The first kappa shape index (κ1) is 19.3. The van der Waals surface area contributed by atoms with Gasteiger partial charge in [-0.25, -0.2) is 4.79 Å². The molecule has 138 valence electrons. The average Bonchev–Trinajstić information content (AvgIpc) is 2.64. The lowest BCUT2D eigenvalue weighted by atomic mass is 9.92. The predicted molar refractivity (Wildman–Crippen MR) is 96.8 cm³/mol. The largest absolute Gasteiger partial charge is 0.496 e. The summed E-state index contributed by atoms with van der Waals surface area (Å²) in [6.45, 7) is 3.63. The summed E-state index contributed by atoms with van der Waals surface area (Å²) in [6, 6.07) is 6.60. The summed E-state index contributed by atoms with van der Waals surface area (Å²) in [5.41, 5.74) is 2.29. The Kier molecular flexibility index (Phi) is 5.87. The van der Waals surface area contributed by atoms with Crippen molar-refractivity contribution in [3.8, 4) is 17.2 Å². The summed E-state index contributed by atoms with van der Waals surface area (Å²) in [6.07, 6.45) is 0. The number of carbonyl (C=O) groups excluding carboxylic acids is 2. The highest BCUT2D eigenvalue weighted by molar-refractivity contribution is 6.17. The minimum absolute atomic E-state index is 0.215. The Bertz CT molecular complexity index is 854. The summed E-state index contributed by atoms with van der Waals surface area (Å²) in [5, 5.41) is 0. The minimum atomic E-state index is -0.570. The molecule has 0 bridgehead atoms. The van der Waals surface area contributed by atoms with Crippen LogP contribution in [0.2, 0.25) is 0 Å². The fraction of sp³-hybridized carbons (Fsp3) is 0.300. The van der Waals surface area contributed by atoms with E-state index in [1.165, 1.54) is 28.4 Å². The zero-order valence-corrected chi connectivity index (χ0v) is 15.8. The molecule has 6 heteroatoms. The third-order valence-corrected chi connectivity index (χ3v) is 4.06. The summed E-state index contributed by atoms with van der Waals surface area (Å²) >= 11 is 0. The van der Waals surface area contributed by atoms with Crippen molar-refractivity contribution in [2.75, 3.05) is 28.4 Å². The van der Waals surface area contributed by atoms with Gasteiger partial charge in [-0.15, -0.1) is 0 Å². The van der Waals surface area contributed by atoms with Gasteiger partial charge in [0.2, 0.25) is 0 Å². The van der Waals surface area contributed by atoms with Crippen LogP contribution in [0.4, 0.5) is 0 Å². The lowest BCUT2D eigenvalue weighted by Crippen LogP contribution is -2.15. The van der Waals surface area contributed by atoms with E-state index in [2.05, 4.69) is 0 Å². The average molecular weight is 358 g/mol. The van der Waals surface area contributed by atoms with E-state index >= 15 is 0 Å². The van der Waals surface area contributed by atoms with Crippen LogP contribution < -0.4 is 14.2 Å². The molecule has 6 nitrogen and oxygen atoms in total. The zero-order valence-electron chi connectivity index (χ0n) is 15.8. The normalized spacial score (nSPS) is 10.2. The molecule has 0 aliphatic carbocycles. The van der Waals surface area contributed by atoms with E-state index in [0.29, 0.717) is 22.8 Å². The second-order valence-corrected chi connectivity index (χ2v) is 5.73. The van der Waals surface area contributed by atoms with Crippen LogP contribution in [0.25, 0.3) is 0 Å². The van der Waals surface area contributed by atoms with Crippen LogP contribution in [0.3, 0.4) is 0 Å². The van der Waals surface area contributed by atoms with Gasteiger partial charge in [0.05, 0.1) is 39.6 Å². The first-order valence-electron chi connectivity index (χ1n) is 7.92. The predicted octanol–water partition coefficient (Wildman–Crippen LogP) is 3.35. The molecule has 2 aromatic carbocycles. The monoisotopic (exact) mass is 358 g/mol. The number of ketones is 1. The van der Waals surface area contributed by atoms with Crippen LogP contribution in [0, 0.1) is 13.8 Å². The quantitative estimate of drug-likeness (QED) is 0.583. The molecular formula is C20H22O6.